The van der Waals surface area contributed by atoms with E-state index in [0.29, 0.717) is 12.0 Å². The number of carbonyl (C=O) groups excluding carboxylic acids is 2. The molecule has 0 fully saturated rings. The van der Waals surface area contributed by atoms with Crippen molar-refractivity contribution >= 4 is 11.9 Å². The van der Waals surface area contributed by atoms with Crippen LogP contribution in [-0.2, 0) is 14.3 Å². The highest BCUT2D eigenvalue weighted by Crippen LogP contribution is 1.89. The maximum atomic E-state index is 10.5. The van der Waals surface area contributed by atoms with Crippen molar-refractivity contribution < 1.29 is 19.4 Å². The molecule has 5 heteroatoms. The van der Waals surface area contributed by atoms with Gasteiger partial charge in [0, 0.05) is 12.0 Å². The summed E-state index contributed by atoms with van der Waals surface area (Å²) in [4.78, 5) is 20.1. The molecular weight excluding hydrogens is 186 g/mol. The van der Waals surface area contributed by atoms with Crippen LogP contribution in [0.5, 0.6) is 0 Å². The summed E-state index contributed by atoms with van der Waals surface area (Å²) in [5.74, 6) is -0.700. The maximum absolute atomic E-state index is 10.5. The third-order valence-corrected chi connectivity index (χ3v) is 1.02. The van der Waals surface area contributed by atoms with Crippen LogP contribution in [0.1, 0.15) is 20.3 Å². The quantitative estimate of drug-likeness (QED) is 0.496. The molecule has 5 nitrogen and oxygen atoms in total. The minimum absolute atomic E-state index is 0.0473. The summed E-state index contributed by atoms with van der Waals surface area (Å²) in [5.41, 5.74) is 5.00. The lowest BCUT2D eigenvalue weighted by Gasteiger charge is -1.99. The second kappa shape index (κ2) is 9.73. The highest BCUT2D eigenvalue weighted by atomic mass is 16.5. The van der Waals surface area contributed by atoms with E-state index in [2.05, 4.69) is 17.0 Å². The lowest BCUT2D eigenvalue weighted by atomic mass is 10.4. The van der Waals surface area contributed by atoms with E-state index in [1.165, 1.54) is 0 Å². The number of hydrogen-bond acceptors (Lipinski definition) is 4. The standard InChI is InChI=1S/C6H10O3.C3H7NO/c1-5(2)6(8)9-4-3-7;1-2-3(4)5/h7H,1,3-4H2,2H3;2H2,1H3,(H2,4,5). The molecule has 0 unspecified atom stereocenters. The average Bonchev–Trinajstić information content (AvgIpc) is 2.14. The Balaban J connectivity index is 0. The van der Waals surface area contributed by atoms with E-state index >= 15 is 0 Å². The molecule has 1 amide bonds. The van der Waals surface area contributed by atoms with Gasteiger partial charge in [0.1, 0.15) is 6.61 Å². The number of aliphatic hydroxyl groups is 1. The van der Waals surface area contributed by atoms with Gasteiger partial charge in [0.25, 0.3) is 0 Å². The van der Waals surface area contributed by atoms with Gasteiger partial charge in [0.2, 0.25) is 5.91 Å². The lowest BCUT2D eigenvalue weighted by Crippen LogP contribution is -2.08. The first-order valence-electron chi connectivity index (χ1n) is 4.17. The Morgan fingerprint density at radius 1 is 1.50 bits per heavy atom. The van der Waals surface area contributed by atoms with Gasteiger partial charge in [-0.15, -0.1) is 0 Å². The first-order valence-corrected chi connectivity index (χ1v) is 4.17. The normalized spacial score (nSPS) is 8.21. The lowest BCUT2D eigenvalue weighted by molar-refractivity contribution is -0.139. The van der Waals surface area contributed by atoms with Gasteiger partial charge in [-0.1, -0.05) is 13.5 Å². The number of amides is 1. The average molecular weight is 203 g/mol. The molecular formula is C9H17NO4. The van der Waals surface area contributed by atoms with Crippen LogP contribution in [0.25, 0.3) is 0 Å². The molecule has 3 N–H and O–H groups in total. The highest BCUT2D eigenvalue weighted by Gasteiger charge is 1.99. The van der Waals surface area contributed by atoms with E-state index in [0.717, 1.165) is 0 Å². The summed E-state index contributed by atoms with van der Waals surface area (Å²) in [6.07, 6.45) is 0.444. The van der Waals surface area contributed by atoms with Gasteiger partial charge < -0.3 is 15.6 Å². The molecule has 0 aliphatic rings. The van der Waals surface area contributed by atoms with E-state index < -0.39 is 5.97 Å². The summed E-state index contributed by atoms with van der Waals surface area (Å²) in [6.45, 7) is 6.54. The minimum Gasteiger partial charge on any atom is -0.460 e. The Labute approximate surface area is 83.5 Å². The van der Waals surface area contributed by atoms with Crippen molar-refractivity contribution in [1.82, 2.24) is 0 Å². The zero-order valence-corrected chi connectivity index (χ0v) is 8.58. The topological polar surface area (TPSA) is 89.6 Å². The molecule has 0 aromatic rings. The molecule has 0 heterocycles. The molecule has 0 spiro atoms. The first kappa shape index (κ1) is 15.1. The van der Waals surface area contributed by atoms with Gasteiger partial charge in [-0.05, 0) is 6.92 Å². The number of carbonyl (C=O) groups is 2. The number of hydrogen-bond donors (Lipinski definition) is 2. The summed E-state index contributed by atoms with van der Waals surface area (Å²) in [6, 6.07) is 0. The van der Waals surface area contributed by atoms with E-state index in [1.54, 1.807) is 13.8 Å². The highest BCUT2D eigenvalue weighted by molar-refractivity contribution is 5.86. The van der Waals surface area contributed by atoms with Gasteiger partial charge in [0.15, 0.2) is 0 Å². The van der Waals surface area contributed by atoms with Gasteiger partial charge in [0.05, 0.1) is 6.61 Å². The van der Waals surface area contributed by atoms with Crippen LogP contribution >= 0.6 is 0 Å². The predicted molar refractivity (Wildman–Crippen MR) is 52.3 cm³/mol. The van der Waals surface area contributed by atoms with Crippen LogP contribution in [0.2, 0.25) is 0 Å². The first-order chi connectivity index (χ1) is 6.45. The van der Waals surface area contributed by atoms with Crippen molar-refractivity contribution in [3.05, 3.63) is 12.2 Å². The molecule has 0 bridgehead atoms. The molecule has 0 aliphatic heterocycles. The Kier molecular flexibility index (Phi) is 10.5. The fourth-order valence-corrected chi connectivity index (χ4v) is 0.262. The number of primary amides is 1. The fraction of sp³-hybridized carbons (Fsp3) is 0.556. The van der Waals surface area contributed by atoms with Crippen molar-refractivity contribution in [3.63, 3.8) is 0 Å². The van der Waals surface area contributed by atoms with Crippen molar-refractivity contribution in [2.45, 2.75) is 20.3 Å². The molecule has 0 radical (unpaired) electrons. The molecule has 0 atom stereocenters. The maximum Gasteiger partial charge on any atom is 0.333 e. The fourth-order valence-electron chi connectivity index (χ4n) is 0.262. The SMILES string of the molecule is C=C(C)C(=O)OCCO.CCC(N)=O. The molecule has 0 aromatic carbocycles. The Bertz CT molecular complexity index is 201. The van der Waals surface area contributed by atoms with Gasteiger partial charge in [-0.2, -0.15) is 0 Å². The molecule has 0 aliphatic carbocycles. The monoisotopic (exact) mass is 203 g/mol. The van der Waals surface area contributed by atoms with E-state index in [1.807, 2.05) is 0 Å². The summed E-state index contributed by atoms with van der Waals surface area (Å²) in [7, 11) is 0. The van der Waals surface area contributed by atoms with Crippen LogP contribution < -0.4 is 5.73 Å². The Hall–Kier alpha value is -1.36. The smallest absolute Gasteiger partial charge is 0.333 e. The van der Waals surface area contributed by atoms with Gasteiger partial charge in [-0.3, -0.25) is 4.79 Å². The van der Waals surface area contributed by atoms with Gasteiger partial charge in [-0.25, -0.2) is 4.79 Å². The molecule has 0 aromatic heterocycles. The van der Waals surface area contributed by atoms with Crippen LogP contribution in [0.15, 0.2) is 12.2 Å². The molecule has 0 rings (SSSR count). The molecule has 14 heavy (non-hydrogen) atoms. The largest absolute Gasteiger partial charge is 0.460 e. The Morgan fingerprint density at radius 3 is 2.14 bits per heavy atom. The zero-order chi connectivity index (χ0) is 11.6. The van der Waals surface area contributed by atoms with Crippen LogP contribution in [-0.4, -0.2) is 30.2 Å². The molecule has 0 saturated carbocycles. The van der Waals surface area contributed by atoms with Crippen molar-refractivity contribution in [2.75, 3.05) is 13.2 Å². The molecule has 0 saturated heterocycles. The third kappa shape index (κ3) is 13.2. The summed E-state index contributed by atoms with van der Waals surface area (Å²) < 4.78 is 4.46. The van der Waals surface area contributed by atoms with Crippen molar-refractivity contribution in [2.24, 2.45) is 5.73 Å². The third-order valence-electron chi connectivity index (χ3n) is 1.02. The number of rotatable bonds is 4. The number of esters is 1. The van der Waals surface area contributed by atoms with E-state index in [4.69, 9.17) is 5.11 Å². The minimum atomic E-state index is -0.455. The zero-order valence-electron chi connectivity index (χ0n) is 8.58. The number of nitrogens with two attached hydrogens (primary N) is 1. The van der Waals surface area contributed by atoms with Crippen LogP contribution in [0.3, 0.4) is 0 Å². The second-order valence-corrected chi connectivity index (χ2v) is 2.46. The summed E-state index contributed by atoms with van der Waals surface area (Å²) in [5, 5.41) is 8.19. The van der Waals surface area contributed by atoms with Crippen LogP contribution in [0.4, 0.5) is 0 Å². The molecule has 82 valence electrons. The number of ether oxygens (including phenoxy) is 1. The Morgan fingerprint density at radius 2 is 1.93 bits per heavy atom. The summed E-state index contributed by atoms with van der Waals surface area (Å²) >= 11 is 0. The second-order valence-electron chi connectivity index (χ2n) is 2.46. The van der Waals surface area contributed by atoms with Crippen LogP contribution in [0, 0.1) is 0 Å². The van der Waals surface area contributed by atoms with Crippen molar-refractivity contribution in [1.29, 1.82) is 0 Å². The van der Waals surface area contributed by atoms with Gasteiger partial charge >= 0.3 is 5.97 Å². The predicted octanol–water partition coefficient (Wildman–Crippen LogP) is -0.0203. The van der Waals surface area contributed by atoms with Crippen molar-refractivity contribution in [3.8, 4) is 0 Å². The van der Waals surface area contributed by atoms with E-state index in [9.17, 15) is 9.59 Å². The number of aliphatic hydroxyl groups excluding tert-OH is 1. The van der Waals surface area contributed by atoms with E-state index in [-0.39, 0.29) is 19.1 Å².